The summed E-state index contributed by atoms with van der Waals surface area (Å²) < 4.78 is 12.7. The van der Waals surface area contributed by atoms with E-state index in [1.54, 1.807) is 0 Å². The van der Waals surface area contributed by atoms with E-state index in [2.05, 4.69) is 10.2 Å². The van der Waals surface area contributed by atoms with E-state index >= 15 is 0 Å². The van der Waals surface area contributed by atoms with Crippen LogP contribution in [0.15, 0.2) is 30.5 Å². The van der Waals surface area contributed by atoms with Crippen LogP contribution in [0.2, 0.25) is 0 Å². The number of hydrogen-bond donors (Lipinski definition) is 2. The van der Waals surface area contributed by atoms with E-state index < -0.39 is 5.82 Å². The fourth-order valence-electron chi connectivity index (χ4n) is 1.27. The van der Waals surface area contributed by atoms with Crippen molar-refractivity contribution >= 4 is 11.5 Å². The van der Waals surface area contributed by atoms with Gasteiger partial charge in [0.1, 0.15) is 11.5 Å². The van der Waals surface area contributed by atoms with Crippen LogP contribution in [0.1, 0.15) is 16.1 Å². The number of H-pyrrole nitrogens is 1. The molecule has 5 heteroatoms. The molecule has 0 saturated heterocycles. The standard InChI is InChI=1S/C10H8FN3O/c11-6-1-2-7(8(12)5-6)10(15)9-3-4-13-14-9/h1-5H,12H2,(H,13,14). The number of ketones is 1. The summed E-state index contributed by atoms with van der Waals surface area (Å²) in [5, 5.41) is 6.18. The smallest absolute Gasteiger partial charge is 0.212 e. The summed E-state index contributed by atoms with van der Waals surface area (Å²) in [6, 6.07) is 5.20. The molecule has 0 spiro atoms. The van der Waals surface area contributed by atoms with Gasteiger partial charge in [-0.15, -0.1) is 0 Å². The number of carbonyl (C=O) groups is 1. The predicted octanol–water partition coefficient (Wildman–Crippen LogP) is 1.36. The molecular weight excluding hydrogens is 197 g/mol. The summed E-state index contributed by atoms with van der Waals surface area (Å²) in [6.45, 7) is 0. The van der Waals surface area contributed by atoms with Crippen LogP contribution < -0.4 is 5.73 Å². The number of rotatable bonds is 2. The van der Waals surface area contributed by atoms with E-state index in [9.17, 15) is 9.18 Å². The molecular formula is C10H8FN3O. The Labute approximate surface area is 84.9 Å². The number of nitrogens with one attached hydrogen (secondary N) is 1. The van der Waals surface area contributed by atoms with Gasteiger partial charge in [-0.1, -0.05) is 0 Å². The summed E-state index contributed by atoms with van der Waals surface area (Å²) in [4.78, 5) is 11.8. The van der Waals surface area contributed by atoms with E-state index in [0.717, 1.165) is 6.07 Å². The Morgan fingerprint density at radius 3 is 2.80 bits per heavy atom. The van der Waals surface area contributed by atoms with Gasteiger partial charge in [0.25, 0.3) is 0 Å². The van der Waals surface area contributed by atoms with Crippen molar-refractivity contribution in [1.29, 1.82) is 0 Å². The number of carbonyl (C=O) groups excluding carboxylic acids is 1. The molecule has 0 aliphatic heterocycles. The second-order valence-electron chi connectivity index (χ2n) is 3.03. The molecule has 15 heavy (non-hydrogen) atoms. The molecule has 0 saturated carbocycles. The predicted molar refractivity (Wildman–Crippen MR) is 52.8 cm³/mol. The molecule has 0 radical (unpaired) electrons. The molecule has 76 valence electrons. The average Bonchev–Trinajstić information content (AvgIpc) is 2.69. The first-order valence-corrected chi connectivity index (χ1v) is 4.27. The first-order valence-electron chi connectivity index (χ1n) is 4.27. The number of hydrogen-bond acceptors (Lipinski definition) is 3. The van der Waals surface area contributed by atoms with Gasteiger partial charge in [0.05, 0.1) is 0 Å². The molecule has 3 N–H and O–H groups in total. The minimum Gasteiger partial charge on any atom is -0.398 e. The molecule has 0 bridgehead atoms. The fourth-order valence-corrected chi connectivity index (χ4v) is 1.27. The van der Waals surface area contributed by atoms with E-state index in [0.29, 0.717) is 5.69 Å². The summed E-state index contributed by atoms with van der Waals surface area (Å²) in [5.74, 6) is -0.765. The molecule has 0 aliphatic carbocycles. The Morgan fingerprint density at radius 1 is 1.40 bits per heavy atom. The van der Waals surface area contributed by atoms with Crippen LogP contribution in [0.25, 0.3) is 0 Å². The molecule has 0 unspecified atom stereocenters. The number of anilines is 1. The van der Waals surface area contributed by atoms with Gasteiger partial charge < -0.3 is 5.73 Å². The van der Waals surface area contributed by atoms with Gasteiger partial charge in [0.15, 0.2) is 0 Å². The zero-order chi connectivity index (χ0) is 10.8. The van der Waals surface area contributed by atoms with Crippen LogP contribution in [0, 0.1) is 5.82 Å². The summed E-state index contributed by atoms with van der Waals surface area (Å²) in [6.07, 6.45) is 1.47. The molecule has 0 amide bonds. The third-order valence-corrected chi connectivity index (χ3v) is 2.00. The first kappa shape index (κ1) is 9.39. The minimum absolute atomic E-state index is 0.120. The zero-order valence-corrected chi connectivity index (χ0v) is 7.70. The lowest BCUT2D eigenvalue weighted by molar-refractivity contribution is 0.103. The van der Waals surface area contributed by atoms with Crippen LogP contribution in [-0.2, 0) is 0 Å². The molecule has 1 heterocycles. The number of aromatic amines is 1. The van der Waals surface area contributed by atoms with Crippen molar-refractivity contribution < 1.29 is 9.18 Å². The molecule has 4 nitrogen and oxygen atoms in total. The third kappa shape index (κ3) is 1.71. The van der Waals surface area contributed by atoms with E-state index in [4.69, 9.17) is 5.73 Å². The molecule has 1 aromatic heterocycles. The zero-order valence-electron chi connectivity index (χ0n) is 7.70. The Bertz CT molecular complexity index is 493. The van der Waals surface area contributed by atoms with Crippen LogP contribution in [0.3, 0.4) is 0 Å². The van der Waals surface area contributed by atoms with Crippen molar-refractivity contribution in [1.82, 2.24) is 10.2 Å². The van der Waals surface area contributed by atoms with Gasteiger partial charge in [-0.25, -0.2) is 4.39 Å². The largest absolute Gasteiger partial charge is 0.398 e. The topological polar surface area (TPSA) is 71.8 Å². The van der Waals surface area contributed by atoms with Crippen molar-refractivity contribution in [2.24, 2.45) is 0 Å². The van der Waals surface area contributed by atoms with Crippen LogP contribution >= 0.6 is 0 Å². The Morgan fingerprint density at radius 2 is 2.20 bits per heavy atom. The summed E-state index contributed by atoms with van der Waals surface area (Å²) in [7, 11) is 0. The number of nitrogens with two attached hydrogens (primary N) is 1. The van der Waals surface area contributed by atoms with Crippen molar-refractivity contribution in [3.8, 4) is 0 Å². The Balaban J connectivity index is 2.42. The monoisotopic (exact) mass is 205 g/mol. The van der Waals surface area contributed by atoms with E-state index in [1.807, 2.05) is 0 Å². The highest BCUT2D eigenvalue weighted by molar-refractivity contribution is 6.10. The SMILES string of the molecule is Nc1cc(F)ccc1C(=O)c1ccn[nH]1. The highest BCUT2D eigenvalue weighted by Gasteiger charge is 2.13. The summed E-state index contributed by atoms with van der Waals surface area (Å²) >= 11 is 0. The number of benzene rings is 1. The maximum Gasteiger partial charge on any atom is 0.212 e. The number of nitrogen functional groups attached to an aromatic ring is 1. The minimum atomic E-state index is -0.464. The molecule has 0 aliphatic rings. The van der Waals surface area contributed by atoms with Gasteiger partial charge in [-0.2, -0.15) is 5.10 Å². The number of nitrogens with zero attached hydrogens (tertiary/aromatic N) is 1. The van der Waals surface area contributed by atoms with Crippen LogP contribution in [-0.4, -0.2) is 16.0 Å². The normalized spacial score (nSPS) is 10.2. The molecule has 2 rings (SSSR count). The average molecular weight is 205 g/mol. The molecule has 1 aromatic carbocycles. The van der Waals surface area contributed by atoms with Crippen molar-refractivity contribution in [3.63, 3.8) is 0 Å². The molecule has 2 aromatic rings. The first-order chi connectivity index (χ1) is 7.18. The second kappa shape index (κ2) is 3.53. The lowest BCUT2D eigenvalue weighted by Crippen LogP contribution is -2.06. The highest BCUT2D eigenvalue weighted by Crippen LogP contribution is 2.16. The quantitative estimate of drug-likeness (QED) is 0.574. The lowest BCUT2D eigenvalue weighted by atomic mass is 10.1. The molecule has 0 atom stereocenters. The van der Waals surface area contributed by atoms with Gasteiger partial charge >= 0.3 is 0 Å². The summed E-state index contributed by atoms with van der Waals surface area (Å²) in [5.41, 5.74) is 6.24. The fraction of sp³-hybridized carbons (Fsp3) is 0. The maximum atomic E-state index is 12.7. The van der Waals surface area contributed by atoms with Crippen LogP contribution in [0.5, 0.6) is 0 Å². The van der Waals surface area contributed by atoms with Gasteiger partial charge in [0, 0.05) is 17.4 Å². The van der Waals surface area contributed by atoms with Gasteiger partial charge in [-0.3, -0.25) is 9.89 Å². The van der Waals surface area contributed by atoms with Crippen molar-refractivity contribution in [2.75, 3.05) is 5.73 Å². The van der Waals surface area contributed by atoms with E-state index in [1.165, 1.54) is 24.4 Å². The Hall–Kier alpha value is -2.17. The lowest BCUT2D eigenvalue weighted by Gasteiger charge is -2.02. The van der Waals surface area contributed by atoms with E-state index in [-0.39, 0.29) is 17.0 Å². The van der Waals surface area contributed by atoms with Crippen LogP contribution in [0.4, 0.5) is 10.1 Å². The van der Waals surface area contributed by atoms with Crippen molar-refractivity contribution in [2.45, 2.75) is 0 Å². The highest BCUT2D eigenvalue weighted by atomic mass is 19.1. The third-order valence-electron chi connectivity index (χ3n) is 2.00. The number of aromatic nitrogens is 2. The van der Waals surface area contributed by atoms with Gasteiger partial charge in [0.2, 0.25) is 5.78 Å². The van der Waals surface area contributed by atoms with Gasteiger partial charge in [-0.05, 0) is 24.3 Å². The molecule has 0 fully saturated rings. The maximum absolute atomic E-state index is 12.7. The second-order valence-corrected chi connectivity index (χ2v) is 3.03. The number of halogens is 1. The van der Waals surface area contributed by atoms with Crippen molar-refractivity contribution in [3.05, 3.63) is 47.5 Å². The Kier molecular flexibility index (Phi) is 2.21.